The van der Waals surface area contributed by atoms with Crippen molar-refractivity contribution < 1.29 is 43.8 Å². The molecule has 18 nitrogen and oxygen atoms in total. The van der Waals surface area contributed by atoms with Gasteiger partial charge in [-0.25, -0.2) is 4.79 Å². The van der Waals surface area contributed by atoms with E-state index in [1.807, 2.05) is 0 Å². The first-order valence-electron chi connectivity index (χ1n) is 13.5. The van der Waals surface area contributed by atoms with Gasteiger partial charge in [0.15, 0.2) is 5.96 Å². The summed E-state index contributed by atoms with van der Waals surface area (Å²) in [6, 6.07) is -6.42. The van der Waals surface area contributed by atoms with Crippen LogP contribution < -0.4 is 43.8 Å². The largest absolute Gasteiger partial charge is 0.481 e. The van der Waals surface area contributed by atoms with Crippen LogP contribution in [-0.2, 0) is 33.6 Å². The average Bonchev–Trinajstić information content (AvgIpc) is 2.93. The van der Waals surface area contributed by atoms with Gasteiger partial charge in [-0.3, -0.25) is 33.8 Å². The summed E-state index contributed by atoms with van der Waals surface area (Å²) in [5.41, 5.74) is 16.2. The van der Waals surface area contributed by atoms with Crippen molar-refractivity contribution in [3.8, 4) is 0 Å². The van der Waals surface area contributed by atoms with Crippen molar-refractivity contribution in [2.75, 3.05) is 24.6 Å². The number of thiol groups is 2. The van der Waals surface area contributed by atoms with E-state index >= 15 is 0 Å². The zero-order chi connectivity index (χ0) is 34.0. The van der Waals surface area contributed by atoms with Gasteiger partial charge in [0.25, 0.3) is 0 Å². The van der Waals surface area contributed by atoms with E-state index in [1.54, 1.807) is 13.8 Å². The molecule has 0 rings (SSSR count). The highest BCUT2D eigenvalue weighted by Crippen LogP contribution is 2.07. The number of aliphatic carboxylic acids is 2. The number of nitrogens with one attached hydrogen (secondary N) is 5. The van der Waals surface area contributed by atoms with Gasteiger partial charge < -0.3 is 54.0 Å². The fraction of sp³-hybridized carbons (Fsp3) is 0.667. The Morgan fingerprint density at radius 3 is 1.84 bits per heavy atom. The molecule has 0 aromatic carbocycles. The number of carboxylic acids is 2. The minimum absolute atomic E-state index is 0.00136. The standard InChI is InChI=1S/C24H43N9O9S2/c1-11(2)6-14(21(39)33-16(10-44)23(41)42)32-22(40)15(7-18(35)36)30-17(34)8-29-20(38)13(4-3-5-28-24(26)27)31-19(37)12(25)9-43/h11-16,43-44H,3-10,25H2,1-2H3,(H,29,38)(H,30,34)(H,31,37)(H,32,40)(H,33,39)(H,35,36)(H,41,42)(H4,26,27,28)/t12-,13-,14-,15-,16-/m0/s1. The summed E-state index contributed by atoms with van der Waals surface area (Å²) in [6.45, 7) is 2.91. The van der Waals surface area contributed by atoms with Gasteiger partial charge in [0.05, 0.1) is 19.0 Å². The number of nitrogens with two attached hydrogens (primary N) is 3. The summed E-state index contributed by atoms with van der Waals surface area (Å²) in [6.07, 6.45) is -0.477. The fourth-order valence-electron chi connectivity index (χ4n) is 3.49. The van der Waals surface area contributed by atoms with Gasteiger partial charge >= 0.3 is 11.9 Å². The lowest BCUT2D eigenvalue weighted by Crippen LogP contribution is -2.57. The predicted molar refractivity (Wildman–Crippen MR) is 166 cm³/mol. The highest BCUT2D eigenvalue weighted by molar-refractivity contribution is 7.80. The number of hydrogen-bond acceptors (Lipinski definition) is 11. The maximum absolute atomic E-state index is 13.0. The van der Waals surface area contributed by atoms with E-state index in [4.69, 9.17) is 17.2 Å². The predicted octanol–water partition coefficient (Wildman–Crippen LogP) is -4.11. The Balaban J connectivity index is 5.54. The monoisotopic (exact) mass is 665 g/mol. The lowest BCUT2D eigenvalue weighted by atomic mass is 10.0. The molecule has 0 aromatic heterocycles. The molecule has 0 aromatic rings. The number of rotatable bonds is 21. The second kappa shape index (κ2) is 21.0. The molecule has 13 N–H and O–H groups in total. The summed E-state index contributed by atoms with van der Waals surface area (Å²) in [5.74, 6) is -7.63. The molecule has 5 amide bonds. The van der Waals surface area contributed by atoms with Crippen LogP contribution in [0.5, 0.6) is 0 Å². The molecule has 5 atom stereocenters. The van der Waals surface area contributed by atoms with Crippen LogP contribution in [-0.4, -0.2) is 112 Å². The molecule has 0 radical (unpaired) electrons. The Kier molecular flexibility index (Phi) is 19.2. The molecule has 0 saturated carbocycles. The van der Waals surface area contributed by atoms with Crippen LogP contribution in [0.15, 0.2) is 4.99 Å². The molecule has 0 heterocycles. The molecule has 0 fully saturated rings. The minimum Gasteiger partial charge on any atom is -0.481 e. The van der Waals surface area contributed by atoms with Gasteiger partial charge in [-0.05, 0) is 25.2 Å². The molecule has 20 heteroatoms. The summed E-state index contributed by atoms with van der Waals surface area (Å²) in [5, 5.41) is 30.0. The molecule has 0 aliphatic rings. The molecule has 0 bridgehead atoms. The van der Waals surface area contributed by atoms with E-state index in [0.717, 1.165) is 0 Å². The van der Waals surface area contributed by atoms with E-state index in [0.29, 0.717) is 0 Å². The van der Waals surface area contributed by atoms with Crippen molar-refractivity contribution in [2.45, 2.75) is 69.7 Å². The lowest BCUT2D eigenvalue weighted by molar-refractivity contribution is -0.143. The Hall–Kier alpha value is -3.78. The maximum Gasteiger partial charge on any atom is 0.327 e. The molecule has 44 heavy (non-hydrogen) atoms. The Labute approximate surface area is 265 Å². The summed E-state index contributed by atoms with van der Waals surface area (Å²) in [4.78, 5) is 89.8. The number of aliphatic imine (C=N–C) groups is 1. The van der Waals surface area contributed by atoms with Crippen LogP contribution in [0, 0.1) is 5.92 Å². The Morgan fingerprint density at radius 1 is 0.773 bits per heavy atom. The van der Waals surface area contributed by atoms with Gasteiger partial charge in [-0.2, -0.15) is 25.3 Å². The molecule has 0 aliphatic heterocycles. The number of carbonyl (C=O) groups is 7. The SMILES string of the molecule is CC(C)C[C@H](NC(=O)[C@H](CC(=O)O)NC(=O)CNC(=O)[C@H](CCCN=C(N)N)NC(=O)[C@@H](N)CS)C(=O)N[C@@H](CS)C(=O)O. The van der Waals surface area contributed by atoms with Gasteiger partial charge in [-0.15, -0.1) is 0 Å². The molecule has 0 spiro atoms. The van der Waals surface area contributed by atoms with Gasteiger partial charge in [-0.1, -0.05) is 13.8 Å². The minimum atomic E-state index is -1.66. The highest BCUT2D eigenvalue weighted by Gasteiger charge is 2.31. The summed E-state index contributed by atoms with van der Waals surface area (Å²) in [7, 11) is 0. The van der Waals surface area contributed by atoms with Crippen LogP contribution in [0.1, 0.15) is 39.5 Å². The quantitative estimate of drug-likeness (QED) is 0.0241. The van der Waals surface area contributed by atoms with Crippen molar-refractivity contribution in [3.63, 3.8) is 0 Å². The van der Waals surface area contributed by atoms with E-state index < -0.39 is 84.6 Å². The number of guanidine groups is 1. The first-order chi connectivity index (χ1) is 20.5. The van der Waals surface area contributed by atoms with Crippen molar-refractivity contribution in [3.05, 3.63) is 0 Å². The van der Waals surface area contributed by atoms with Crippen LogP contribution >= 0.6 is 25.3 Å². The molecule has 0 saturated heterocycles. The summed E-state index contributed by atoms with van der Waals surface area (Å²) < 4.78 is 0. The third-order valence-corrected chi connectivity index (χ3v) is 6.46. The highest BCUT2D eigenvalue weighted by atomic mass is 32.1. The smallest absolute Gasteiger partial charge is 0.327 e. The van der Waals surface area contributed by atoms with Gasteiger partial charge in [0, 0.05) is 18.1 Å². The summed E-state index contributed by atoms with van der Waals surface area (Å²) >= 11 is 7.82. The normalized spacial score (nSPS) is 14.1. The molecule has 250 valence electrons. The third kappa shape index (κ3) is 16.8. The molecular weight excluding hydrogens is 622 g/mol. The number of hydrogen-bond donors (Lipinski definition) is 12. The maximum atomic E-state index is 13.0. The Bertz CT molecular complexity index is 1060. The van der Waals surface area contributed by atoms with Crippen LogP contribution in [0.3, 0.4) is 0 Å². The second-order valence-corrected chi connectivity index (χ2v) is 10.7. The van der Waals surface area contributed by atoms with Crippen LogP contribution in [0.2, 0.25) is 0 Å². The first-order valence-corrected chi connectivity index (χ1v) is 14.7. The topological polar surface area (TPSA) is 311 Å². The number of carbonyl (C=O) groups excluding carboxylic acids is 5. The van der Waals surface area contributed by atoms with E-state index in [1.165, 1.54) is 0 Å². The number of amides is 5. The lowest BCUT2D eigenvalue weighted by Gasteiger charge is -2.25. The van der Waals surface area contributed by atoms with Crippen LogP contribution in [0.4, 0.5) is 0 Å². The van der Waals surface area contributed by atoms with Gasteiger partial charge in [0.2, 0.25) is 29.5 Å². The zero-order valence-corrected chi connectivity index (χ0v) is 26.2. The zero-order valence-electron chi connectivity index (χ0n) is 24.4. The first kappa shape index (κ1) is 40.2. The van der Waals surface area contributed by atoms with E-state index in [2.05, 4.69) is 56.8 Å². The Morgan fingerprint density at radius 2 is 1.34 bits per heavy atom. The van der Waals surface area contributed by atoms with E-state index in [9.17, 15) is 43.8 Å². The number of nitrogens with zero attached hydrogens (tertiary/aromatic N) is 1. The average molecular weight is 666 g/mol. The molecule has 0 unspecified atom stereocenters. The number of carboxylic acid groups (broad SMARTS) is 2. The van der Waals surface area contributed by atoms with Crippen LogP contribution in [0.25, 0.3) is 0 Å². The molecule has 0 aliphatic carbocycles. The van der Waals surface area contributed by atoms with E-state index in [-0.39, 0.29) is 49.2 Å². The van der Waals surface area contributed by atoms with Gasteiger partial charge in [0.1, 0.15) is 24.2 Å². The fourth-order valence-corrected chi connectivity index (χ4v) is 3.90. The van der Waals surface area contributed by atoms with Crippen molar-refractivity contribution >= 4 is 72.7 Å². The molecular formula is C24H43N9O9S2. The third-order valence-electron chi connectivity index (χ3n) is 5.70. The van der Waals surface area contributed by atoms with Crippen molar-refractivity contribution in [1.29, 1.82) is 0 Å². The van der Waals surface area contributed by atoms with Crippen molar-refractivity contribution in [2.24, 2.45) is 28.1 Å². The second-order valence-electron chi connectivity index (χ2n) is 10.0. The van der Waals surface area contributed by atoms with Crippen molar-refractivity contribution in [1.82, 2.24) is 26.6 Å².